The highest BCUT2D eigenvalue weighted by atomic mass is 16.6. The molecule has 0 spiro atoms. The van der Waals surface area contributed by atoms with Gasteiger partial charge in [0.2, 0.25) is 5.82 Å². The second-order valence-electron chi connectivity index (χ2n) is 4.85. The lowest BCUT2D eigenvalue weighted by atomic mass is 10.2. The van der Waals surface area contributed by atoms with Gasteiger partial charge in [-0.15, -0.1) is 0 Å². The molecule has 1 fully saturated rings. The molecule has 1 aliphatic heterocycles. The second-order valence-corrected chi connectivity index (χ2v) is 4.85. The van der Waals surface area contributed by atoms with Crippen molar-refractivity contribution in [2.24, 2.45) is 0 Å². The topological polar surface area (TPSA) is 99.4 Å². The fourth-order valence-corrected chi connectivity index (χ4v) is 2.06. The smallest absolute Gasteiger partial charge is 0.372 e. The molecule has 0 bridgehead atoms. The Balaban J connectivity index is 2.48. The van der Waals surface area contributed by atoms with Crippen molar-refractivity contribution in [1.82, 2.24) is 9.97 Å². The lowest BCUT2D eigenvalue weighted by Gasteiger charge is -2.14. The molecule has 0 aliphatic carbocycles. The van der Waals surface area contributed by atoms with Crippen LogP contribution in [0.25, 0.3) is 0 Å². The fraction of sp³-hybridized carbons (Fsp3) is 0.667. The Labute approximate surface area is 116 Å². The lowest BCUT2D eigenvalue weighted by Crippen LogP contribution is -2.16. The van der Waals surface area contributed by atoms with E-state index in [4.69, 9.17) is 9.47 Å². The third kappa shape index (κ3) is 2.96. The number of rotatable bonds is 5. The van der Waals surface area contributed by atoms with Crippen LogP contribution in [0.1, 0.15) is 38.6 Å². The summed E-state index contributed by atoms with van der Waals surface area (Å²) in [6, 6.07) is 0.00523. The second kappa shape index (κ2) is 6.00. The number of hydrogen-bond donors (Lipinski definition) is 1. The van der Waals surface area contributed by atoms with E-state index in [0.717, 1.165) is 12.8 Å². The number of nitrogens with one attached hydrogen (secondary N) is 1. The number of aromatic nitrogens is 2. The van der Waals surface area contributed by atoms with Crippen LogP contribution < -0.4 is 10.1 Å². The minimum absolute atomic E-state index is 0.00523. The average molecular weight is 282 g/mol. The van der Waals surface area contributed by atoms with Crippen molar-refractivity contribution in [3.05, 3.63) is 15.9 Å². The Morgan fingerprint density at radius 2 is 2.25 bits per heavy atom. The monoisotopic (exact) mass is 282 g/mol. The summed E-state index contributed by atoms with van der Waals surface area (Å²) in [6.45, 7) is 4.41. The van der Waals surface area contributed by atoms with Gasteiger partial charge in [-0.1, -0.05) is 0 Å². The van der Waals surface area contributed by atoms with E-state index >= 15 is 0 Å². The normalized spacial score (nSPS) is 18.3. The Hall–Kier alpha value is -1.96. The van der Waals surface area contributed by atoms with E-state index in [-0.39, 0.29) is 29.5 Å². The number of nitrogens with zero attached hydrogens (tertiary/aromatic N) is 3. The number of nitro groups is 1. The first kappa shape index (κ1) is 14.4. The first-order valence-electron chi connectivity index (χ1n) is 6.51. The molecule has 2 heterocycles. The van der Waals surface area contributed by atoms with Crippen molar-refractivity contribution >= 4 is 11.5 Å². The van der Waals surface area contributed by atoms with Crippen molar-refractivity contribution in [3.63, 3.8) is 0 Å². The number of ether oxygens (including phenoxy) is 2. The Bertz CT molecular complexity index is 500. The Kier molecular flexibility index (Phi) is 4.33. The minimum Gasteiger partial charge on any atom is -0.476 e. The summed E-state index contributed by atoms with van der Waals surface area (Å²) >= 11 is 0. The van der Waals surface area contributed by atoms with Gasteiger partial charge in [0.15, 0.2) is 5.82 Å². The molecule has 1 aromatic rings. The zero-order chi connectivity index (χ0) is 14.7. The summed E-state index contributed by atoms with van der Waals surface area (Å²) < 4.78 is 10.6. The molecule has 1 atom stereocenters. The van der Waals surface area contributed by atoms with E-state index in [9.17, 15) is 10.1 Å². The van der Waals surface area contributed by atoms with Crippen molar-refractivity contribution in [1.29, 1.82) is 0 Å². The SMILES string of the molecule is COc1nc(C2CCCO2)nc(NC(C)C)c1[N+](=O)[O-]. The summed E-state index contributed by atoms with van der Waals surface area (Å²) in [5.41, 5.74) is -0.247. The van der Waals surface area contributed by atoms with Crippen LogP contribution in [0.2, 0.25) is 0 Å². The maximum atomic E-state index is 11.2. The minimum atomic E-state index is -0.539. The third-order valence-corrected chi connectivity index (χ3v) is 2.89. The summed E-state index contributed by atoms with van der Waals surface area (Å²) in [6.07, 6.45) is 1.51. The number of anilines is 1. The first-order valence-corrected chi connectivity index (χ1v) is 6.51. The van der Waals surface area contributed by atoms with Gasteiger partial charge in [-0.3, -0.25) is 10.1 Å². The van der Waals surface area contributed by atoms with Crippen LogP contribution in [-0.2, 0) is 4.74 Å². The van der Waals surface area contributed by atoms with Crippen molar-refractivity contribution in [2.45, 2.75) is 38.8 Å². The fourth-order valence-electron chi connectivity index (χ4n) is 2.06. The van der Waals surface area contributed by atoms with Gasteiger partial charge in [0.05, 0.1) is 12.0 Å². The molecular formula is C12H18N4O4. The highest BCUT2D eigenvalue weighted by Crippen LogP contribution is 2.35. The summed E-state index contributed by atoms with van der Waals surface area (Å²) in [5, 5.41) is 14.2. The van der Waals surface area contributed by atoms with E-state index in [1.165, 1.54) is 7.11 Å². The van der Waals surface area contributed by atoms with Gasteiger partial charge in [0.25, 0.3) is 5.88 Å². The molecule has 1 saturated heterocycles. The van der Waals surface area contributed by atoms with Crippen molar-refractivity contribution in [3.8, 4) is 5.88 Å². The molecule has 20 heavy (non-hydrogen) atoms. The predicted molar refractivity (Wildman–Crippen MR) is 71.9 cm³/mol. The highest BCUT2D eigenvalue weighted by molar-refractivity contribution is 5.62. The van der Waals surface area contributed by atoms with Crippen LogP contribution in [0.15, 0.2) is 0 Å². The summed E-state index contributed by atoms with van der Waals surface area (Å²) in [5.74, 6) is 0.550. The van der Waals surface area contributed by atoms with Crippen LogP contribution in [0.3, 0.4) is 0 Å². The van der Waals surface area contributed by atoms with E-state index in [1.807, 2.05) is 13.8 Å². The summed E-state index contributed by atoms with van der Waals surface area (Å²) in [4.78, 5) is 19.0. The van der Waals surface area contributed by atoms with Crippen LogP contribution in [0, 0.1) is 10.1 Å². The van der Waals surface area contributed by atoms with E-state index < -0.39 is 4.92 Å². The van der Waals surface area contributed by atoms with Gasteiger partial charge in [-0.2, -0.15) is 4.98 Å². The Morgan fingerprint density at radius 1 is 1.50 bits per heavy atom. The molecule has 2 rings (SSSR count). The van der Waals surface area contributed by atoms with Crippen molar-refractivity contribution in [2.75, 3.05) is 19.0 Å². The van der Waals surface area contributed by atoms with Crippen LogP contribution >= 0.6 is 0 Å². The Morgan fingerprint density at radius 3 is 2.75 bits per heavy atom. The lowest BCUT2D eigenvalue weighted by molar-refractivity contribution is -0.385. The van der Waals surface area contributed by atoms with E-state index in [0.29, 0.717) is 12.4 Å². The molecule has 1 aliphatic rings. The summed E-state index contributed by atoms with van der Waals surface area (Å²) in [7, 11) is 1.35. The molecule has 0 radical (unpaired) electrons. The zero-order valence-corrected chi connectivity index (χ0v) is 11.8. The molecule has 1 N–H and O–H groups in total. The van der Waals surface area contributed by atoms with Gasteiger partial charge in [0, 0.05) is 12.6 Å². The molecule has 0 aromatic carbocycles. The standard InChI is InChI=1S/C12H18N4O4/c1-7(2)13-11-9(16(17)18)12(19-3)15-10(14-11)8-5-4-6-20-8/h7-8H,4-6H2,1-3H3,(H,13,14,15). The van der Waals surface area contributed by atoms with Crippen LogP contribution in [0.4, 0.5) is 11.5 Å². The zero-order valence-electron chi connectivity index (χ0n) is 11.8. The van der Waals surface area contributed by atoms with Gasteiger partial charge >= 0.3 is 5.69 Å². The highest BCUT2D eigenvalue weighted by Gasteiger charge is 2.30. The quantitative estimate of drug-likeness (QED) is 0.651. The van der Waals surface area contributed by atoms with E-state index in [2.05, 4.69) is 15.3 Å². The number of hydrogen-bond acceptors (Lipinski definition) is 7. The molecule has 1 aromatic heterocycles. The largest absolute Gasteiger partial charge is 0.476 e. The van der Waals surface area contributed by atoms with E-state index in [1.54, 1.807) is 0 Å². The first-order chi connectivity index (χ1) is 9.52. The molecular weight excluding hydrogens is 264 g/mol. The molecule has 0 saturated carbocycles. The predicted octanol–water partition coefficient (Wildman–Crippen LogP) is 2.07. The average Bonchev–Trinajstić information content (AvgIpc) is 2.90. The van der Waals surface area contributed by atoms with Crippen LogP contribution in [0.5, 0.6) is 5.88 Å². The number of methoxy groups -OCH3 is 1. The van der Waals surface area contributed by atoms with Gasteiger partial charge in [-0.05, 0) is 26.7 Å². The van der Waals surface area contributed by atoms with Crippen molar-refractivity contribution < 1.29 is 14.4 Å². The van der Waals surface area contributed by atoms with Gasteiger partial charge < -0.3 is 14.8 Å². The van der Waals surface area contributed by atoms with Gasteiger partial charge in [-0.25, -0.2) is 4.98 Å². The molecule has 110 valence electrons. The maximum Gasteiger partial charge on any atom is 0.372 e. The van der Waals surface area contributed by atoms with Crippen LogP contribution in [-0.4, -0.2) is 34.6 Å². The molecule has 8 heteroatoms. The third-order valence-electron chi connectivity index (χ3n) is 2.89. The molecule has 0 amide bonds. The molecule has 8 nitrogen and oxygen atoms in total. The maximum absolute atomic E-state index is 11.2. The molecule has 1 unspecified atom stereocenters. The van der Waals surface area contributed by atoms with Gasteiger partial charge in [0.1, 0.15) is 6.10 Å².